The van der Waals surface area contributed by atoms with Gasteiger partial charge < -0.3 is 10.2 Å². The van der Waals surface area contributed by atoms with Gasteiger partial charge in [0.05, 0.1) is 12.2 Å². The fourth-order valence-electron chi connectivity index (χ4n) is 1.97. The van der Waals surface area contributed by atoms with Gasteiger partial charge in [-0.3, -0.25) is 0 Å². The molecule has 20 heavy (non-hydrogen) atoms. The van der Waals surface area contributed by atoms with Crippen LogP contribution < -0.4 is 0 Å². The molecule has 0 heterocycles. The highest BCUT2D eigenvalue weighted by Crippen LogP contribution is 2.16. The lowest BCUT2D eigenvalue weighted by molar-refractivity contribution is 0.0986. The molecular formula is C18H32O2. The summed E-state index contributed by atoms with van der Waals surface area (Å²) in [7, 11) is 0. The summed E-state index contributed by atoms with van der Waals surface area (Å²) >= 11 is 0. The highest BCUT2D eigenvalue weighted by molar-refractivity contribution is 5.08. The first-order chi connectivity index (χ1) is 9.62. The van der Waals surface area contributed by atoms with E-state index in [2.05, 4.69) is 13.0 Å². The summed E-state index contributed by atoms with van der Waals surface area (Å²) in [6, 6.07) is 0. The third kappa shape index (κ3) is 13.6. The Morgan fingerprint density at radius 1 is 0.900 bits per heavy atom. The average molecular weight is 280 g/mol. The first-order valence-electron chi connectivity index (χ1n) is 7.95. The fourth-order valence-corrected chi connectivity index (χ4v) is 1.97. The average Bonchev–Trinajstić information content (AvgIpc) is 2.41. The molecule has 2 nitrogen and oxygen atoms in total. The summed E-state index contributed by atoms with van der Waals surface area (Å²) in [6.07, 6.45) is 20.5. The largest absolute Gasteiger partial charge is 0.392 e. The Kier molecular flexibility index (Phi) is 12.6. The summed E-state index contributed by atoms with van der Waals surface area (Å²) in [5.74, 6) is 0. The van der Waals surface area contributed by atoms with E-state index in [4.69, 9.17) is 5.11 Å². The van der Waals surface area contributed by atoms with Crippen molar-refractivity contribution in [2.75, 3.05) is 6.61 Å². The maximum atomic E-state index is 10.1. The van der Waals surface area contributed by atoms with Gasteiger partial charge in [-0.15, -0.1) is 0 Å². The van der Waals surface area contributed by atoms with Crippen molar-refractivity contribution in [2.45, 2.75) is 70.8 Å². The Labute approximate surface area is 124 Å². The molecule has 116 valence electrons. The Morgan fingerprint density at radius 2 is 1.60 bits per heavy atom. The minimum atomic E-state index is -0.672. The second-order valence-electron chi connectivity index (χ2n) is 5.54. The Morgan fingerprint density at radius 3 is 2.25 bits per heavy atom. The Bertz CT molecular complexity index is 288. The molecule has 0 rings (SSSR count). The summed E-state index contributed by atoms with van der Waals surface area (Å²) in [4.78, 5) is 0. The van der Waals surface area contributed by atoms with E-state index >= 15 is 0 Å². The first kappa shape index (κ1) is 19.1. The van der Waals surface area contributed by atoms with Crippen LogP contribution in [0.25, 0.3) is 0 Å². The molecule has 2 heteroatoms. The zero-order valence-corrected chi connectivity index (χ0v) is 13.2. The van der Waals surface area contributed by atoms with Crippen LogP contribution in [0.15, 0.2) is 36.5 Å². The fraction of sp³-hybridized carbons (Fsp3) is 0.667. The normalized spacial score (nSPS) is 15.6. The van der Waals surface area contributed by atoms with Gasteiger partial charge in [0.1, 0.15) is 0 Å². The molecule has 0 fully saturated rings. The minimum Gasteiger partial charge on any atom is -0.392 e. The SMILES string of the molecule is CCCCCC(C)(O)/C=C/C=C\CCCC/C=C\CO. The molecule has 1 unspecified atom stereocenters. The number of unbranched alkanes of at least 4 members (excludes halogenated alkanes) is 5. The molecule has 0 aromatic heterocycles. The standard InChI is InChI=1S/C18H32O2/c1-3-4-12-15-18(2,20)16-13-10-8-6-5-7-9-11-14-17-19/h8,10-11,13-14,16,19-20H,3-7,9,12,15,17H2,1-2H3/b10-8-,14-11-,16-13+. The van der Waals surface area contributed by atoms with Crippen LogP contribution in [0.5, 0.6) is 0 Å². The van der Waals surface area contributed by atoms with Gasteiger partial charge in [0.2, 0.25) is 0 Å². The second-order valence-corrected chi connectivity index (χ2v) is 5.54. The highest BCUT2D eigenvalue weighted by atomic mass is 16.3. The molecule has 0 amide bonds. The van der Waals surface area contributed by atoms with Crippen LogP contribution >= 0.6 is 0 Å². The topological polar surface area (TPSA) is 40.5 Å². The van der Waals surface area contributed by atoms with E-state index in [9.17, 15) is 5.11 Å². The smallest absolute Gasteiger partial charge is 0.0802 e. The van der Waals surface area contributed by atoms with Gasteiger partial charge in [-0.1, -0.05) is 62.6 Å². The van der Waals surface area contributed by atoms with Gasteiger partial charge in [-0.25, -0.2) is 0 Å². The molecule has 0 aromatic carbocycles. The van der Waals surface area contributed by atoms with E-state index < -0.39 is 5.60 Å². The van der Waals surface area contributed by atoms with Crippen LogP contribution in [0.3, 0.4) is 0 Å². The highest BCUT2D eigenvalue weighted by Gasteiger charge is 2.14. The molecule has 0 aliphatic heterocycles. The number of allylic oxidation sites excluding steroid dienone is 4. The van der Waals surface area contributed by atoms with Crippen LogP contribution in [0.2, 0.25) is 0 Å². The van der Waals surface area contributed by atoms with Gasteiger partial charge >= 0.3 is 0 Å². The first-order valence-corrected chi connectivity index (χ1v) is 7.95. The molecular weight excluding hydrogens is 248 g/mol. The predicted molar refractivity (Wildman–Crippen MR) is 87.7 cm³/mol. The van der Waals surface area contributed by atoms with E-state index in [0.717, 1.165) is 38.5 Å². The summed E-state index contributed by atoms with van der Waals surface area (Å²) < 4.78 is 0. The maximum absolute atomic E-state index is 10.1. The van der Waals surface area contributed by atoms with E-state index in [-0.39, 0.29) is 6.61 Å². The molecule has 0 aliphatic rings. The monoisotopic (exact) mass is 280 g/mol. The molecule has 0 radical (unpaired) electrons. The lowest BCUT2D eigenvalue weighted by Gasteiger charge is -2.18. The quantitative estimate of drug-likeness (QED) is 0.313. The van der Waals surface area contributed by atoms with E-state index in [1.165, 1.54) is 12.8 Å². The number of hydrogen-bond acceptors (Lipinski definition) is 2. The lowest BCUT2D eigenvalue weighted by Crippen LogP contribution is -2.20. The lowest BCUT2D eigenvalue weighted by atomic mass is 9.98. The van der Waals surface area contributed by atoms with Crippen molar-refractivity contribution in [2.24, 2.45) is 0 Å². The summed E-state index contributed by atoms with van der Waals surface area (Å²) in [5, 5.41) is 18.7. The molecule has 0 saturated carbocycles. The molecule has 1 atom stereocenters. The molecule has 0 bridgehead atoms. The van der Waals surface area contributed by atoms with Crippen molar-refractivity contribution in [3.8, 4) is 0 Å². The maximum Gasteiger partial charge on any atom is 0.0802 e. The number of hydrogen-bond donors (Lipinski definition) is 2. The van der Waals surface area contributed by atoms with Crippen LogP contribution in [0.4, 0.5) is 0 Å². The zero-order valence-electron chi connectivity index (χ0n) is 13.2. The molecule has 0 aromatic rings. The Balaban J connectivity index is 3.66. The number of rotatable bonds is 12. The molecule has 0 spiro atoms. The number of aliphatic hydroxyl groups excluding tert-OH is 1. The van der Waals surface area contributed by atoms with Crippen molar-refractivity contribution in [3.05, 3.63) is 36.5 Å². The minimum absolute atomic E-state index is 0.142. The zero-order chi connectivity index (χ0) is 15.1. The van der Waals surface area contributed by atoms with Crippen molar-refractivity contribution in [1.82, 2.24) is 0 Å². The second kappa shape index (κ2) is 13.1. The van der Waals surface area contributed by atoms with E-state index in [0.29, 0.717) is 0 Å². The van der Waals surface area contributed by atoms with Crippen LogP contribution in [0.1, 0.15) is 65.2 Å². The van der Waals surface area contributed by atoms with Gasteiger partial charge in [0.25, 0.3) is 0 Å². The summed E-state index contributed by atoms with van der Waals surface area (Å²) in [5.41, 5.74) is -0.672. The van der Waals surface area contributed by atoms with Crippen molar-refractivity contribution >= 4 is 0 Å². The van der Waals surface area contributed by atoms with Crippen molar-refractivity contribution in [1.29, 1.82) is 0 Å². The van der Waals surface area contributed by atoms with Crippen LogP contribution in [-0.4, -0.2) is 22.4 Å². The van der Waals surface area contributed by atoms with E-state index in [1.807, 2.05) is 31.2 Å². The molecule has 2 N–H and O–H groups in total. The Hall–Kier alpha value is -0.860. The third-order valence-electron chi connectivity index (χ3n) is 3.25. The van der Waals surface area contributed by atoms with Crippen LogP contribution in [0, 0.1) is 0 Å². The van der Waals surface area contributed by atoms with Crippen LogP contribution in [-0.2, 0) is 0 Å². The van der Waals surface area contributed by atoms with Gasteiger partial charge in [0.15, 0.2) is 0 Å². The van der Waals surface area contributed by atoms with Gasteiger partial charge in [-0.2, -0.15) is 0 Å². The van der Waals surface area contributed by atoms with Crippen molar-refractivity contribution in [3.63, 3.8) is 0 Å². The summed E-state index contributed by atoms with van der Waals surface area (Å²) in [6.45, 7) is 4.19. The van der Waals surface area contributed by atoms with E-state index in [1.54, 1.807) is 6.08 Å². The third-order valence-corrected chi connectivity index (χ3v) is 3.25. The van der Waals surface area contributed by atoms with Crippen molar-refractivity contribution < 1.29 is 10.2 Å². The van der Waals surface area contributed by atoms with Gasteiger partial charge in [-0.05, 0) is 39.0 Å². The molecule has 0 saturated heterocycles. The number of aliphatic hydroxyl groups is 2. The molecule has 0 aliphatic carbocycles. The predicted octanol–water partition coefficient (Wildman–Crippen LogP) is 4.54. The van der Waals surface area contributed by atoms with Gasteiger partial charge in [0, 0.05) is 0 Å².